The molecule has 0 radical (unpaired) electrons. The highest BCUT2D eigenvalue weighted by Crippen LogP contribution is 2.38. The molecule has 1 aliphatic rings. The summed E-state index contributed by atoms with van der Waals surface area (Å²) in [7, 11) is 3.99. The lowest BCUT2D eigenvalue weighted by Crippen LogP contribution is -2.42. The normalized spacial score (nSPS) is 18.2. The largest absolute Gasteiger partial charge is 0.418 e. The van der Waals surface area contributed by atoms with Gasteiger partial charge in [-0.15, -0.1) is 0 Å². The van der Waals surface area contributed by atoms with E-state index in [1.165, 1.54) is 12.1 Å². The van der Waals surface area contributed by atoms with Crippen molar-refractivity contribution >= 4 is 45.7 Å². The summed E-state index contributed by atoms with van der Waals surface area (Å²) in [6.07, 6.45) is -1.67. The van der Waals surface area contributed by atoms with Crippen molar-refractivity contribution in [1.29, 1.82) is 0 Å². The van der Waals surface area contributed by atoms with Crippen LogP contribution in [0.15, 0.2) is 48.5 Å². The Morgan fingerprint density at radius 2 is 1.71 bits per heavy atom. The number of urea groups is 1. The van der Waals surface area contributed by atoms with Crippen LogP contribution in [0.3, 0.4) is 0 Å². The summed E-state index contributed by atoms with van der Waals surface area (Å²) in [4.78, 5) is 19.2. The van der Waals surface area contributed by atoms with Gasteiger partial charge in [-0.2, -0.15) is 13.2 Å². The molecule has 0 atom stereocenters. The molecule has 1 aromatic heterocycles. The minimum Gasteiger partial charge on any atom is -0.377 e. The van der Waals surface area contributed by atoms with Crippen LogP contribution in [0.5, 0.6) is 0 Å². The summed E-state index contributed by atoms with van der Waals surface area (Å²) in [6, 6.07) is 12.7. The maximum absolute atomic E-state index is 13.3. The average Bonchev–Trinajstić information content (AvgIpc) is 2.80. The van der Waals surface area contributed by atoms with Crippen LogP contribution in [0.25, 0.3) is 10.9 Å². The van der Waals surface area contributed by atoms with Gasteiger partial charge < -0.3 is 20.9 Å². The van der Waals surface area contributed by atoms with Gasteiger partial charge >= 0.3 is 12.2 Å². The maximum atomic E-state index is 13.3. The summed E-state index contributed by atoms with van der Waals surface area (Å²) in [5.74, 6) is 0.792. The average molecular weight is 506 g/mol. The number of hydrogen-bond donors (Lipinski definition) is 3. The number of halogens is 4. The van der Waals surface area contributed by atoms with Crippen molar-refractivity contribution in [3.05, 3.63) is 59.1 Å². The van der Waals surface area contributed by atoms with Crippen molar-refractivity contribution < 1.29 is 18.0 Å². The zero-order valence-electron chi connectivity index (χ0n) is 19.4. The summed E-state index contributed by atoms with van der Waals surface area (Å²) >= 11 is 5.93. The summed E-state index contributed by atoms with van der Waals surface area (Å²) in [5, 5.41) is 9.48. The molecule has 6 nitrogen and oxygen atoms in total. The molecule has 10 heteroatoms. The number of amides is 2. The fourth-order valence-corrected chi connectivity index (χ4v) is 4.64. The van der Waals surface area contributed by atoms with E-state index in [-0.39, 0.29) is 17.1 Å². The number of fused-ring (bicyclic) bond motifs is 1. The van der Waals surface area contributed by atoms with Gasteiger partial charge in [-0.1, -0.05) is 35.9 Å². The van der Waals surface area contributed by atoms with Crippen LogP contribution < -0.4 is 20.9 Å². The quantitative estimate of drug-likeness (QED) is 0.369. The first kappa shape index (κ1) is 24.9. The van der Waals surface area contributed by atoms with Gasteiger partial charge in [0, 0.05) is 43.3 Å². The first-order valence-corrected chi connectivity index (χ1v) is 11.8. The number of rotatable bonds is 5. The topological polar surface area (TPSA) is 69.3 Å². The number of aromatic nitrogens is 1. The fraction of sp³-hybridized carbons (Fsp3) is 0.360. The third-order valence-electron chi connectivity index (χ3n) is 6.15. The maximum Gasteiger partial charge on any atom is 0.418 e. The summed E-state index contributed by atoms with van der Waals surface area (Å²) in [6.45, 7) is 0. The van der Waals surface area contributed by atoms with Gasteiger partial charge in [0.2, 0.25) is 0 Å². The standard InChI is InChI=1S/C25H27ClF3N5O/c1-34(2)21-14-22(32-20-9-4-3-6-17(20)21)30-15-10-12-16(13-11-15)31-24(35)33-23-18(25(27,28)29)7-5-8-19(23)26/h3-9,14-16H,10-13H2,1-2H3,(H,30,32)(H2,31,33,35). The fourth-order valence-electron chi connectivity index (χ4n) is 4.41. The molecule has 1 saturated carbocycles. The predicted octanol–water partition coefficient (Wildman–Crippen LogP) is 6.52. The zero-order valence-corrected chi connectivity index (χ0v) is 20.2. The molecule has 1 fully saturated rings. The monoisotopic (exact) mass is 505 g/mol. The van der Waals surface area contributed by atoms with Gasteiger partial charge in [-0.3, -0.25) is 0 Å². The Hall–Kier alpha value is -3.20. The Morgan fingerprint density at radius 1 is 1.03 bits per heavy atom. The molecule has 0 aliphatic heterocycles. The number of anilines is 3. The van der Waals surface area contributed by atoms with Crippen LogP contribution in [0, 0.1) is 0 Å². The molecule has 3 aromatic rings. The van der Waals surface area contributed by atoms with Crippen molar-refractivity contribution in [2.24, 2.45) is 0 Å². The third kappa shape index (κ3) is 5.90. The van der Waals surface area contributed by atoms with E-state index in [1.807, 2.05) is 44.4 Å². The molecule has 1 heterocycles. The minimum absolute atomic E-state index is 0.147. The lowest BCUT2D eigenvalue weighted by molar-refractivity contribution is -0.136. The molecule has 2 aromatic carbocycles. The molecule has 186 valence electrons. The van der Waals surface area contributed by atoms with Crippen LogP contribution in [0.4, 0.5) is 35.2 Å². The van der Waals surface area contributed by atoms with E-state index >= 15 is 0 Å². The second-order valence-corrected chi connectivity index (χ2v) is 9.30. The van der Waals surface area contributed by atoms with Gasteiger partial charge in [0.1, 0.15) is 5.82 Å². The van der Waals surface area contributed by atoms with Crippen LogP contribution in [0.1, 0.15) is 31.2 Å². The number of alkyl halides is 3. The van der Waals surface area contributed by atoms with E-state index in [2.05, 4.69) is 20.9 Å². The van der Waals surface area contributed by atoms with Crippen LogP contribution in [-0.2, 0) is 6.18 Å². The molecule has 35 heavy (non-hydrogen) atoms. The lowest BCUT2D eigenvalue weighted by atomic mass is 9.91. The Bertz CT molecular complexity index is 1210. The van der Waals surface area contributed by atoms with Crippen LogP contribution >= 0.6 is 11.6 Å². The Morgan fingerprint density at radius 3 is 2.40 bits per heavy atom. The molecule has 3 N–H and O–H groups in total. The number of nitrogens with one attached hydrogen (secondary N) is 3. The van der Waals surface area contributed by atoms with E-state index < -0.39 is 23.5 Å². The summed E-state index contributed by atoms with van der Waals surface area (Å²) in [5.41, 5.74) is 0.565. The Labute approximate surface area is 206 Å². The first-order valence-electron chi connectivity index (χ1n) is 11.4. The van der Waals surface area contributed by atoms with Crippen molar-refractivity contribution in [1.82, 2.24) is 10.3 Å². The van der Waals surface area contributed by atoms with Crippen LogP contribution in [0.2, 0.25) is 5.02 Å². The number of hydrogen-bond acceptors (Lipinski definition) is 4. The second-order valence-electron chi connectivity index (χ2n) is 8.89. The molecule has 0 spiro atoms. The predicted molar refractivity (Wildman–Crippen MR) is 134 cm³/mol. The zero-order chi connectivity index (χ0) is 25.2. The highest BCUT2D eigenvalue weighted by molar-refractivity contribution is 6.34. The van der Waals surface area contributed by atoms with Gasteiger partial charge in [0.05, 0.1) is 21.8 Å². The SMILES string of the molecule is CN(C)c1cc(NC2CCC(NC(=O)Nc3c(Cl)cccc3C(F)(F)F)CC2)nc2ccccc12. The van der Waals surface area contributed by atoms with E-state index in [4.69, 9.17) is 16.6 Å². The summed E-state index contributed by atoms with van der Waals surface area (Å²) < 4.78 is 39.8. The Balaban J connectivity index is 1.35. The van der Waals surface area contributed by atoms with E-state index in [9.17, 15) is 18.0 Å². The van der Waals surface area contributed by atoms with E-state index in [1.54, 1.807) is 0 Å². The molecule has 4 rings (SSSR count). The highest BCUT2D eigenvalue weighted by Gasteiger charge is 2.35. The molecular formula is C25H27ClF3N5O. The number of para-hydroxylation sites is 2. The highest BCUT2D eigenvalue weighted by atomic mass is 35.5. The Kier molecular flexibility index (Phi) is 7.25. The third-order valence-corrected chi connectivity index (χ3v) is 6.46. The smallest absolute Gasteiger partial charge is 0.377 e. The van der Waals surface area contributed by atoms with Crippen LogP contribution in [-0.4, -0.2) is 37.2 Å². The van der Waals surface area contributed by atoms with Crippen molar-refractivity contribution in [2.75, 3.05) is 29.6 Å². The van der Waals surface area contributed by atoms with Gasteiger partial charge in [-0.25, -0.2) is 9.78 Å². The van der Waals surface area contributed by atoms with Gasteiger partial charge in [0.25, 0.3) is 0 Å². The van der Waals surface area contributed by atoms with Crippen molar-refractivity contribution in [3.63, 3.8) is 0 Å². The molecular weight excluding hydrogens is 479 g/mol. The number of carbonyl (C=O) groups is 1. The van der Waals surface area contributed by atoms with E-state index in [0.717, 1.165) is 41.3 Å². The number of nitrogens with zero attached hydrogens (tertiary/aromatic N) is 2. The van der Waals surface area contributed by atoms with Crippen molar-refractivity contribution in [2.45, 2.75) is 43.9 Å². The van der Waals surface area contributed by atoms with Gasteiger partial charge in [0.15, 0.2) is 0 Å². The molecule has 1 aliphatic carbocycles. The number of carbonyl (C=O) groups excluding carboxylic acids is 1. The lowest BCUT2D eigenvalue weighted by Gasteiger charge is -2.30. The second kappa shape index (κ2) is 10.2. The minimum atomic E-state index is -4.62. The van der Waals surface area contributed by atoms with Gasteiger partial charge in [-0.05, 0) is 43.9 Å². The van der Waals surface area contributed by atoms with E-state index in [0.29, 0.717) is 12.8 Å². The molecule has 0 saturated heterocycles. The number of benzene rings is 2. The molecule has 2 amide bonds. The first-order chi connectivity index (χ1) is 16.6. The van der Waals surface area contributed by atoms with Crippen molar-refractivity contribution in [3.8, 4) is 0 Å². The number of pyridine rings is 1. The molecule has 0 unspecified atom stereocenters. The molecule has 0 bridgehead atoms.